The van der Waals surface area contributed by atoms with Crippen LogP contribution < -0.4 is 4.74 Å². The monoisotopic (exact) mass is 305 g/mol. The molecular formula is C11H16INO. The van der Waals surface area contributed by atoms with E-state index in [1.807, 2.05) is 12.1 Å². The summed E-state index contributed by atoms with van der Waals surface area (Å²) in [5, 5.41) is 0. The molecule has 1 unspecified atom stereocenters. The molecule has 0 N–H and O–H groups in total. The van der Waals surface area contributed by atoms with Gasteiger partial charge in [0.1, 0.15) is 11.9 Å². The van der Waals surface area contributed by atoms with Crippen LogP contribution in [0, 0.1) is 0 Å². The summed E-state index contributed by atoms with van der Waals surface area (Å²) >= 11 is 2.31. The Balaban J connectivity index is 2.64. The second-order valence-corrected chi connectivity index (χ2v) is 4.54. The summed E-state index contributed by atoms with van der Waals surface area (Å²) in [4.78, 5) is 4.34. The zero-order valence-corrected chi connectivity index (χ0v) is 11.0. The Morgan fingerprint density at radius 1 is 1.36 bits per heavy atom. The van der Waals surface area contributed by atoms with E-state index in [-0.39, 0.29) is 6.10 Å². The Kier molecular flexibility index (Phi) is 4.65. The van der Waals surface area contributed by atoms with Gasteiger partial charge in [0, 0.05) is 10.1 Å². The Labute approximate surface area is 99.2 Å². The molecule has 1 heterocycles. The zero-order valence-electron chi connectivity index (χ0n) is 8.83. The third-order valence-electron chi connectivity index (χ3n) is 1.91. The van der Waals surface area contributed by atoms with E-state index in [4.69, 9.17) is 4.74 Å². The first kappa shape index (κ1) is 11.8. The third kappa shape index (κ3) is 3.44. The van der Waals surface area contributed by atoms with Crippen LogP contribution in [0.15, 0.2) is 18.3 Å². The predicted molar refractivity (Wildman–Crippen MR) is 67.3 cm³/mol. The van der Waals surface area contributed by atoms with Crippen LogP contribution in [0.4, 0.5) is 0 Å². The molecule has 1 aromatic rings. The summed E-state index contributed by atoms with van der Waals surface area (Å²) in [6, 6.07) is 4.02. The Bertz CT molecular complexity index is 271. The molecule has 1 aromatic heterocycles. The highest BCUT2D eigenvalue weighted by Crippen LogP contribution is 2.16. The molecule has 0 aromatic carbocycles. The summed E-state index contributed by atoms with van der Waals surface area (Å²) in [5.41, 5.74) is 1.11. The van der Waals surface area contributed by atoms with Crippen molar-refractivity contribution in [1.29, 1.82) is 0 Å². The molecule has 1 rings (SSSR count). The van der Waals surface area contributed by atoms with Crippen LogP contribution in [0.2, 0.25) is 0 Å². The summed E-state index contributed by atoms with van der Waals surface area (Å²) in [6.45, 7) is 6.33. The number of nitrogens with zero attached hydrogens (tertiary/aromatic N) is 1. The van der Waals surface area contributed by atoms with Gasteiger partial charge < -0.3 is 4.74 Å². The molecule has 0 saturated heterocycles. The normalized spacial score (nSPS) is 12.9. The minimum atomic E-state index is 0.252. The molecule has 14 heavy (non-hydrogen) atoms. The average Bonchev–Trinajstić information content (AvgIpc) is 2.18. The van der Waals surface area contributed by atoms with Crippen LogP contribution in [-0.4, -0.2) is 15.5 Å². The van der Waals surface area contributed by atoms with Crippen molar-refractivity contribution in [3.05, 3.63) is 24.0 Å². The van der Waals surface area contributed by atoms with Gasteiger partial charge in [-0.1, -0.05) is 36.4 Å². The first-order valence-corrected chi connectivity index (χ1v) is 6.34. The molecular weight excluding hydrogens is 289 g/mol. The van der Waals surface area contributed by atoms with Gasteiger partial charge in [-0.25, -0.2) is 0 Å². The molecule has 78 valence electrons. The maximum atomic E-state index is 5.63. The molecule has 3 heteroatoms. The van der Waals surface area contributed by atoms with Crippen molar-refractivity contribution in [3.63, 3.8) is 0 Å². The molecule has 0 amide bonds. The van der Waals surface area contributed by atoms with E-state index in [0.29, 0.717) is 5.92 Å². The molecule has 2 nitrogen and oxygen atoms in total. The van der Waals surface area contributed by atoms with Gasteiger partial charge in [0.15, 0.2) is 0 Å². The molecule has 0 aliphatic rings. The fourth-order valence-electron chi connectivity index (χ4n) is 1.07. The lowest BCUT2D eigenvalue weighted by Gasteiger charge is -2.12. The van der Waals surface area contributed by atoms with Crippen LogP contribution in [-0.2, 0) is 0 Å². The Morgan fingerprint density at radius 3 is 2.50 bits per heavy atom. The van der Waals surface area contributed by atoms with E-state index in [0.717, 1.165) is 15.9 Å². The van der Waals surface area contributed by atoms with E-state index in [2.05, 4.69) is 48.3 Å². The first-order valence-electron chi connectivity index (χ1n) is 4.82. The van der Waals surface area contributed by atoms with Gasteiger partial charge in [0.25, 0.3) is 0 Å². The van der Waals surface area contributed by atoms with E-state index in [1.54, 1.807) is 6.20 Å². The summed E-state index contributed by atoms with van der Waals surface area (Å²) in [7, 11) is 0. The predicted octanol–water partition coefficient (Wildman–Crippen LogP) is 3.41. The van der Waals surface area contributed by atoms with Crippen molar-refractivity contribution in [2.24, 2.45) is 0 Å². The molecule has 0 aliphatic heterocycles. The minimum Gasteiger partial charge on any atom is -0.488 e. The van der Waals surface area contributed by atoms with Crippen molar-refractivity contribution < 1.29 is 4.74 Å². The van der Waals surface area contributed by atoms with Gasteiger partial charge in [0.05, 0.1) is 6.20 Å². The van der Waals surface area contributed by atoms with E-state index in [1.165, 1.54) is 0 Å². The van der Waals surface area contributed by atoms with Crippen molar-refractivity contribution in [1.82, 2.24) is 4.98 Å². The number of alkyl halides is 1. The van der Waals surface area contributed by atoms with E-state index < -0.39 is 0 Å². The molecule has 0 bridgehead atoms. The quantitative estimate of drug-likeness (QED) is 0.628. The summed E-state index contributed by atoms with van der Waals surface area (Å²) < 4.78 is 6.62. The Morgan fingerprint density at radius 2 is 2.07 bits per heavy atom. The number of ether oxygens (including phenoxy) is 1. The van der Waals surface area contributed by atoms with Crippen LogP contribution in [0.5, 0.6) is 5.75 Å². The second kappa shape index (κ2) is 5.53. The number of hydrogen-bond donors (Lipinski definition) is 0. The molecule has 0 saturated carbocycles. The highest BCUT2D eigenvalue weighted by atomic mass is 127. The smallest absolute Gasteiger partial charge is 0.138 e. The van der Waals surface area contributed by atoms with Gasteiger partial charge in [-0.05, 0) is 25.0 Å². The average molecular weight is 305 g/mol. The van der Waals surface area contributed by atoms with Crippen LogP contribution in [0.3, 0.4) is 0 Å². The topological polar surface area (TPSA) is 22.1 Å². The SMILES string of the molecule is CC(CI)Oc1ccc(C(C)C)nc1. The molecule has 0 aliphatic carbocycles. The van der Waals surface area contributed by atoms with Crippen molar-refractivity contribution >= 4 is 22.6 Å². The molecule has 0 spiro atoms. The maximum Gasteiger partial charge on any atom is 0.138 e. The van der Waals surface area contributed by atoms with E-state index in [9.17, 15) is 0 Å². The molecule has 0 radical (unpaired) electrons. The lowest BCUT2D eigenvalue weighted by Crippen LogP contribution is -2.12. The maximum absolute atomic E-state index is 5.63. The summed E-state index contributed by atoms with van der Waals surface area (Å²) in [6.07, 6.45) is 2.06. The van der Waals surface area contributed by atoms with Crippen LogP contribution >= 0.6 is 22.6 Å². The van der Waals surface area contributed by atoms with Gasteiger partial charge in [-0.3, -0.25) is 4.98 Å². The van der Waals surface area contributed by atoms with Crippen molar-refractivity contribution in [2.45, 2.75) is 32.8 Å². The number of pyridine rings is 1. The number of hydrogen-bond acceptors (Lipinski definition) is 2. The molecule has 1 atom stereocenters. The van der Waals surface area contributed by atoms with Crippen LogP contribution in [0.25, 0.3) is 0 Å². The third-order valence-corrected chi connectivity index (χ3v) is 3.15. The van der Waals surface area contributed by atoms with Gasteiger partial charge in [-0.2, -0.15) is 0 Å². The zero-order chi connectivity index (χ0) is 10.6. The summed E-state index contributed by atoms with van der Waals surface area (Å²) in [5.74, 6) is 1.34. The van der Waals surface area contributed by atoms with Gasteiger partial charge in [-0.15, -0.1) is 0 Å². The second-order valence-electron chi connectivity index (χ2n) is 3.66. The van der Waals surface area contributed by atoms with E-state index >= 15 is 0 Å². The standard InChI is InChI=1S/C11H16INO/c1-8(2)11-5-4-10(7-13-11)14-9(3)6-12/h4-5,7-9H,6H2,1-3H3. The lowest BCUT2D eigenvalue weighted by atomic mass is 10.1. The Hall–Kier alpha value is -0.320. The van der Waals surface area contributed by atoms with Crippen LogP contribution in [0.1, 0.15) is 32.4 Å². The lowest BCUT2D eigenvalue weighted by molar-refractivity contribution is 0.249. The number of rotatable bonds is 4. The fourth-order valence-corrected chi connectivity index (χ4v) is 1.25. The minimum absolute atomic E-state index is 0.252. The molecule has 0 fully saturated rings. The van der Waals surface area contributed by atoms with Crippen molar-refractivity contribution in [3.8, 4) is 5.75 Å². The number of aromatic nitrogens is 1. The van der Waals surface area contributed by atoms with Gasteiger partial charge in [0.2, 0.25) is 0 Å². The number of halogens is 1. The largest absolute Gasteiger partial charge is 0.488 e. The highest BCUT2D eigenvalue weighted by molar-refractivity contribution is 14.1. The van der Waals surface area contributed by atoms with Crippen molar-refractivity contribution in [2.75, 3.05) is 4.43 Å². The van der Waals surface area contributed by atoms with Gasteiger partial charge >= 0.3 is 0 Å². The fraction of sp³-hybridized carbons (Fsp3) is 0.545. The highest BCUT2D eigenvalue weighted by Gasteiger charge is 2.03. The first-order chi connectivity index (χ1) is 6.63.